The SMILES string of the molecule is Cc1cccc2c1N1c3ccccc3C(C)(C)c3ccc(-c4ccc(N(c5ccccc5)c5ccc6c(c5)C(C)(C)c5ccccc5-6)cc4)c(c31)O2. The van der Waals surface area contributed by atoms with Gasteiger partial charge in [0, 0.05) is 33.5 Å². The minimum Gasteiger partial charge on any atom is -0.452 e. The van der Waals surface area contributed by atoms with Crippen LogP contribution in [0.1, 0.15) is 55.5 Å². The normalized spacial score (nSPS) is 15.1. The van der Waals surface area contributed by atoms with E-state index in [0.29, 0.717) is 0 Å². The van der Waals surface area contributed by atoms with Gasteiger partial charge in [-0.05, 0) is 100.0 Å². The van der Waals surface area contributed by atoms with Gasteiger partial charge in [0.2, 0.25) is 0 Å². The highest BCUT2D eigenvalue weighted by Crippen LogP contribution is 2.62. The van der Waals surface area contributed by atoms with Crippen molar-refractivity contribution in [3.63, 3.8) is 0 Å². The van der Waals surface area contributed by atoms with E-state index in [2.05, 4.69) is 196 Å². The van der Waals surface area contributed by atoms with Gasteiger partial charge in [-0.15, -0.1) is 0 Å². The van der Waals surface area contributed by atoms with Crippen molar-refractivity contribution < 1.29 is 4.74 Å². The molecule has 7 aromatic rings. The molecule has 0 radical (unpaired) electrons. The van der Waals surface area contributed by atoms with E-state index in [1.807, 2.05) is 0 Å². The van der Waals surface area contributed by atoms with Crippen molar-refractivity contribution >= 4 is 34.1 Å². The molecule has 2 heterocycles. The minimum atomic E-state index is -0.189. The number of ether oxygens (including phenoxy) is 1. The molecule has 0 N–H and O–H groups in total. The molecule has 3 aliphatic rings. The first-order chi connectivity index (χ1) is 25.2. The monoisotopic (exact) mass is 672 g/mol. The molecular formula is C49H40N2O. The quantitative estimate of drug-likeness (QED) is 0.185. The molecule has 10 rings (SSSR count). The van der Waals surface area contributed by atoms with Crippen molar-refractivity contribution in [1.29, 1.82) is 0 Å². The molecule has 0 saturated heterocycles. The summed E-state index contributed by atoms with van der Waals surface area (Å²) < 4.78 is 6.95. The highest BCUT2D eigenvalue weighted by atomic mass is 16.5. The molecule has 0 aromatic heterocycles. The third kappa shape index (κ3) is 4.26. The maximum Gasteiger partial charge on any atom is 0.159 e. The highest BCUT2D eigenvalue weighted by molar-refractivity contribution is 5.98. The second-order valence-electron chi connectivity index (χ2n) is 15.5. The third-order valence-electron chi connectivity index (χ3n) is 11.8. The Morgan fingerprint density at radius 2 is 1.12 bits per heavy atom. The standard InChI is InChI=1S/C49H40N2O/c1-31-14-13-21-44-45(31)51-43-20-12-11-19-40(43)49(4,5)41-29-28-36(47(52-44)46(41)51)32-22-24-34(25-23-32)50(33-15-7-6-8-16-33)35-26-27-38-37-17-9-10-18-39(37)48(2,3)42(38)30-35/h6-30H,1-5H3. The maximum absolute atomic E-state index is 6.95. The summed E-state index contributed by atoms with van der Waals surface area (Å²) in [4.78, 5) is 4.82. The Bertz CT molecular complexity index is 2560. The highest BCUT2D eigenvalue weighted by Gasteiger charge is 2.43. The molecular weight excluding hydrogens is 633 g/mol. The van der Waals surface area contributed by atoms with E-state index >= 15 is 0 Å². The summed E-state index contributed by atoms with van der Waals surface area (Å²) in [5.74, 6) is 1.79. The molecule has 3 heteroatoms. The van der Waals surface area contributed by atoms with Gasteiger partial charge in [0.25, 0.3) is 0 Å². The number of fused-ring (bicyclic) bond motifs is 7. The lowest BCUT2D eigenvalue weighted by Gasteiger charge is -2.45. The Kier molecular flexibility index (Phi) is 6.48. The molecule has 0 atom stereocenters. The van der Waals surface area contributed by atoms with E-state index < -0.39 is 0 Å². The number of rotatable bonds is 4. The summed E-state index contributed by atoms with van der Waals surface area (Å²) in [7, 11) is 0. The molecule has 0 fully saturated rings. The Hall–Kier alpha value is -6.06. The van der Waals surface area contributed by atoms with Gasteiger partial charge in [0.1, 0.15) is 0 Å². The predicted molar refractivity (Wildman–Crippen MR) is 216 cm³/mol. The fraction of sp³-hybridized carbons (Fsp3) is 0.143. The molecule has 0 saturated carbocycles. The second-order valence-corrected chi connectivity index (χ2v) is 15.5. The molecule has 7 aromatic carbocycles. The van der Waals surface area contributed by atoms with Gasteiger partial charge < -0.3 is 14.5 Å². The summed E-state index contributed by atoms with van der Waals surface area (Å²) in [5.41, 5.74) is 18.0. The number of para-hydroxylation sites is 3. The summed E-state index contributed by atoms with van der Waals surface area (Å²) in [5, 5.41) is 0. The number of nitrogens with zero attached hydrogens (tertiary/aromatic N) is 2. The van der Waals surface area contributed by atoms with Crippen LogP contribution in [0, 0.1) is 6.92 Å². The first kappa shape index (κ1) is 30.7. The fourth-order valence-corrected chi connectivity index (χ4v) is 9.08. The first-order valence-electron chi connectivity index (χ1n) is 18.3. The van der Waals surface area contributed by atoms with Crippen LogP contribution in [0.2, 0.25) is 0 Å². The Morgan fingerprint density at radius 1 is 0.481 bits per heavy atom. The van der Waals surface area contributed by atoms with Crippen LogP contribution in [0.4, 0.5) is 34.1 Å². The summed E-state index contributed by atoms with van der Waals surface area (Å²) in [6, 6.07) is 55.3. The number of benzene rings is 7. The Balaban J connectivity index is 1.10. The van der Waals surface area contributed by atoms with Crippen LogP contribution in [0.3, 0.4) is 0 Å². The van der Waals surface area contributed by atoms with Crippen LogP contribution in [0.5, 0.6) is 11.5 Å². The van der Waals surface area contributed by atoms with Gasteiger partial charge in [0.15, 0.2) is 11.5 Å². The van der Waals surface area contributed by atoms with Crippen molar-refractivity contribution in [2.75, 3.05) is 9.80 Å². The fourth-order valence-electron chi connectivity index (χ4n) is 9.08. The van der Waals surface area contributed by atoms with Gasteiger partial charge in [-0.3, -0.25) is 0 Å². The van der Waals surface area contributed by atoms with E-state index in [9.17, 15) is 0 Å². The third-order valence-corrected chi connectivity index (χ3v) is 11.8. The average Bonchev–Trinajstić information content (AvgIpc) is 3.40. The molecule has 0 spiro atoms. The Morgan fingerprint density at radius 3 is 1.92 bits per heavy atom. The van der Waals surface area contributed by atoms with E-state index in [0.717, 1.165) is 51.1 Å². The lowest BCUT2D eigenvalue weighted by atomic mass is 9.72. The number of aryl methyl sites for hydroxylation is 1. The largest absolute Gasteiger partial charge is 0.452 e. The molecule has 252 valence electrons. The zero-order valence-electron chi connectivity index (χ0n) is 30.2. The minimum absolute atomic E-state index is 0.0812. The number of hydrogen-bond acceptors (Lipinski definition) is 3. The van der Waals surface area contributed by atoms with Crippen LogP contribution >= 0.6 is 0 Å². The van der Waals surface area contributed by atoms with Crippen molar-refractivity contribution in [1.82, 2.24) is 0 Å². The van der Waals surface area contributed by atoms with Crippen LogP contribution in [-0.4, -0.2) is 0 Å². The van der Waals surface area contributed by atoms with Gasteiger partial charge in [0.05, 0.1) is 17.1 Å². The van der Waals surface area contributed by atoms with E-state index in [-0.39, 0.29) is 10.8 Å². The Labute approximate surface area is 306 Å². The topological polar surface area (TPSA) is 15.7 Å². The summed E-state index contributed by atoms with van der Waals surface area (Å²) in [6.07, 6.45) is 0. The van der Waals surface area contributed by atoms with Crippen LogP contribution < -0.4 is 14.5 Å². The van der Waals surface area contributed by atoms with E-state index in [1.165, 1.54) is 44.6 Å². The zero-order chi connectivity index (χ0) is 35.4. The molecule has 52 heavy (non-hydrogen) atoms. The molecule has 0 bridgehead atoms. The van der Waals surface area contributed by atoms with E-state index in [4.69, 9.17) is 4.74 Å². The molecule has 1 aliphatic carbocycles. The number of hydrogen-bond donors (Lipinski definition) is 0. The average molecular weight is 673 g/mol. The van der Waals surface area contributed by atoms with Gasteiger partial charge in [-0.25, -0.2) is 0 Å². The van der Waals surface area contributed by atoms with Crippen molar-refractivity contribution in [2.45, 2.75) is 45.4 Å². The molecule has 0 unspecified atom stereocenters. The smallest absolute Gasteiger partial charge is 0.159 e. The summed E-state index contributed by atoms with van der Waals surface area (Å²) >= 11 is 0. The van der Waals surface area contributed by atoms with Crippen molar-refractivity contribution in [2.24, 2.45) is 0 Å². The zero-order valence-corrected chi connectivity index (χ0v) is 30.2. The van der Waals surface area contributed by atoms with Crippen molar-refractivity contribution in [3.8, 4) is 33.8 Å². The lowest BCUT2D eigenvalue weighted by Crippen LogP contribution is -2.32. The van der Waals surface area contributed by atoms with Crippen LogP contribution in [0.15, 0.2) is 152 Å². The van der Waals surface area contributed by atoms with Gasteiger partial charge in [-0.1, -0.05) is 131 Å². The van der Waals surface area contributed by atoms with Crippen LogP contribution in [0.25, 0.3) is 22.3 Å². The summed E-state index contributed by atoms with van der Waals surface area (Å²) in [6.45, 7) is 11.5. The molecule has 2 aliphatic heterocycles. The maximum atomic E-state index is 6.95. The van der Waals surface area contributed by atoms with Crippen LogP contribution in [-0.2, 0) is 10.8 Å². The van der Waals surface area contributed by atoms with Crippen molar-refractivity contribution in [3.05, 3.63) is 179 Å². The van der Waals surface area contributed by atoms with E-state index in [1.54, 1.807) is 0 Å². The number of anilines is 6. The lowest BCUT2D eigenvalue weighted by molar-refractivity contribution is 0.472. The predicted octanol–water partition coefficient (Wildman–Crippen LogP) is 13.7. The molecule has 0 amide bonds. The van der Waals surface area contributed by atoms with Gasteiger partial charge >= 0.3 is 0 Å². The first-order valence-corrected chi connectivity index (χ1v) is 18.3. The second kappa shape index (κ2) is 11.0. The van der Waals surface area contributed by atoms with Gasteiger partial charge in [-0.2, -0.15) is 0 Å². The molecule has 3 nitrogen and oxygen atoms in total.